The van der Waals surface area contributed by atoms with Gasteiger partial charge in [0.2, 0.25) is 0 Å². The fourth-order valence-electron chi connectivity index (χ4n) is 2.17. The Balaban J connectivity index is 2.19. The zero-order chi connectivity index (χ0) is 23.8. The van der Waals surface area contributed by atoms with Gasteiger partial charge in [0.05, 0.1) is 80.9 Å². The van der Waals surface area contributed by atoms with Crippen LogP contribution in [0.1, 0.15) is 10.4 Å². The molecule has 0 aliphatic rings. The molecule has 0 heterocycles. The molecule has 1 aromatic rings. The van der Waals surface area contributed by atoms with Crippen LogP contribution in [0.3, 0.4) is 0 Å². The summed E-state index contributed by atoms with van der Waals surface area (Å²) in [4.78, 5) is 32.0. The number of nitro groups is 2. The summed E-state index contributed by atoms with van der Waals surface area (Å²) < 4.78 is 25.5. The number of aliphatic hydroxyl groups is 2. The molecule has 1 aromatic carbocycles. The third kappa shape index (κ3) is 11.6. The minimum Gasteiger partial charge on any atom is -0.459 e. The van der Waals surface area contributed by atoms with Crippen molar-refractivity contribution in [2.24, 2.45) is 0 Å². The molecule has 0 bridgehead atoms. The summed E-state index contributed by atoms with van der Waals surface area (Å²) in [5, 5.41) is 40.0. The van der Waals surface area contributed by atoms with Crippen LogP contribution in [-0.2, 0) is 23.7 Å². The number of hydrogen-bond acceptors (Lipinski definition) is 12. The van der Waals surface area contributed by atoms with Crippen molar-refractivity contribution in [1.29, 1.82) is 0 Å². The number of hydrogen-bond donors (Lipinski definition) is 2. The molecule has 0 spiro atoms. The molecule has 14 nitrogen and oxygen atoms in total. The molecule has 0 radical (unpaired) electrons. The number of carbonyl (C=O) groups excluding carboxylic acids is 1. The first-order chi connectivity index (χ1) is 15.3. The minimum absolute atomic E-state index is 0.0388. The molecule has 0 saturated carbocycles. The summed E-state index contributed by atoms with van der Waals surface area (Å²) in [6.07, 6.45) is -1.17. The molecule has 0 fully saturated rings. The first kappa shape index (κ1) is 27.3. The fourth-order valence-corrected chi connectivity index (χ4v) is 2.17. The Morgan fingerprint density at radius 1 is 0.812 bits per heavy atom. The maximum atomic E-state index is 12.0. The van der Waals surface area contributed by atoms with Gasteiger partial charge in [-0.05, 0) is 0 Å². The van der Waals surface area contributed by atoms with Gasteiger partial charge in [0.15, 0.2) is 0 Å². The van der Waals surface area contributed by atoms with Gasteiger partial charge < -0.3 is 33.9 Å². The van der Waals surface area contributed by atoms with Crippen LogP contribution in [0.15, 0.2) is 18.2 Å². The Bertz CT molecular complexity index is 698. The van der Waals surface area contributed by atoms with Crippen molar-refractivity contribution < 1.29 is 48.5 Å². The average Bonchev–Trinajstić information content (AvgIpc) is 2.77. The van der Waals surface area contributed by atoms with E-state index in [0.717, 1.165) is 18.2 Å². The van der Waals surface area contributed by atoms with Crippen LogP contribution in [0.2, 0.25) is 0 Å². The molecule has 0 amide bonds. The van der Waals surface area contributed by atoms with Crippen molar-refractivity contribution in [3.63, 3.8) is 0 Å². The third-order valence-corrected chi connectivity index (χ3v) is 3.63. The van der Waals surface area contributed by atoms with Crippen LogP contribution in [0.4, 0.5) is 11.4 Å². The van der Waals surface area contributed by atoms with Crippen molar-refractivity contribution in [2.75, 3.05) is 66.1 Å². The average molecular weight is 462 g/mol. The fraction of sp³-hybridized carbons (Fsp3) is 0.611. The zero-order valence-electron chi connectivity index (χ0n) is 17.3. The second-order valence-corrected chi connectivity index (χ2v) is 6.14. The van der Waals surface area contributed by atoms with E-state index in [2.05, 4.69) is 0 Å². The molecular weight excluding hydrogens is 436 g/mol. The lowest BCUT2D eigenvalue weighted by atomic mass is 10.2. The Morgan fingerprint density at radius 2 is 1.28 bits per heavy atom. The monoisotopic (exact) mass is 462 g/mol. The highest BCUT2D eigenvalue weighted by Gasteiger charge is 2.21. The lowest BCUT2D eigenvalue weighted by Crippen LogP contribution is -2.25. The highest BCUT2D eigenvalue weighted by atomic mass is 16.6. The molecule has 14 heteroatoms. The summed E-state index contributed by atoms with van der Waals surface area (Å²) >= 11 is 0. The molecular formula is C18H26N2O12. The zero-order valence-corrected chi connectivity index (χ0v) is 17.3. The van der Waals surface area contributed by atoms with E-state index in [4.69, 9.17) is 28.8 Å². The lowest BCUT2D eigenvalue weighted by Gasteiger charge is -2.12. The first-order valence-corrected chi connectivity index (χ1v) is 9.56. The summed E-state index contributed by atoms with van der Waals surface area (Å²) in [5.74, 6) is -1.05. The maximum Gasteiger partial charge on any atom is 0.338 e. The highest BCUT2D eigenvalue weighted by Crippen LogP contribution is 2.23. The van der Waals surface area contributed by atoms with Gasteiger partial charge in [-0.1, -0.05) is 0 Å². The van der Waals surface area contributed by atoms with E-state index < -0.39 is 39.9 Å². The smallest absolute Gasteiger partial charge is 0.338 e. The van der Waals surface area contributed by atoms with E-state index in [1.54, 1.807) is 0 Å². The van der Waals surface area contributed by atoms with Crippen molar-refractivity contribution in [2.45, 2.75) is 6.10 Å². The standard InChI is InChI=1S/C18H26N2O12/c21-1-2-28-3-4-29-5-6-30-7-8-31-12-17(22)13-32-18(23)14-9-15(19(24)25)11-16(10-14)20(26)27/h9-11,17,21-22H,1-8,12-13H2. The van der Waals surface area contributed by atoms with E-state index in [0.29, 0.717) is 26.4 Å². The Kier molecular flexibility index (Phi) is 13.6. The molecule has 32 heavy (non-hydrogen) atoms. The van der Waals surface area contributed by atoms with Crippen LogP contribution < -0.4 is 0 Å². The van der Waals surface area contributed by atoms with Gasteiger partial charge in [0.1, 0.15) is 12.7 Å². The minimum atomic E-state index is -1.17. The maximum absolute atomic E-state index is 12.0. The molecule has 2 N–H and O–H groups in total. The van der Waals surface area contributed by atoms with Gasteiger partial charge in [-0.2, -0.15) is 0 Å². The number of rotatable bonds is 18. The quantitative estimate of drug-likeness (QED) is 0.129. The Morgan fingerprint density at radius 3 is 1.75 bits per heavy atom. The SMILES string of the molecule is O=C(OCC(O)COCCOCCOCCOCCO)c1cc([N+](=O)[O-])cc([N+](=O)[O-])c1. The molecule has 0 saturated heterocycles. The lowest BCUT2D eigenvalue weighted by molar-refractivity contribution is -0.394. The third-order valence-electron chi connectivity index (χ3n) is 3.63. The van der Waals surface area contributed by atoms with Crippen LogP contribution >= 0.6 is 0 Å². The number of aliphatic hydroxyl groups excluding tert-OH is 2. The van der Waals surface area contributed by atoms with Crippen LogP contribution in [0.25, 0.3) is 0 Å². The largest absolute Gasteiger partial charge is 0.459 e. The predicted octanol–water partition coefficient (Wildman–Crippen LogP) is 0.0794. The van der Waals surface area contributed by atoms with Crippen molar-refractivity contribution >= 4 is 17.3 Å². The van der Waals surface area contributed by atoms with Crippen LogP contribution in [0, 0.1) is 20.2 Å². The van der Waals surface area contributed by atoms with E-state index in [9.17, 15) is 30.1 Å². The molecule has 1 atom stereocenters. The van der Waals surface area contributed by atoms with Gasteiger partial charge >= 0.3 is 5.97 Å². The number of nitro benzene ring substituents is 2. The summed E-state index contributed by atoms with van der Waals surface area (Å²) in [6, 6.07) is 2.42. The number of non-ortho nitro benzene ring substituents is 2. The molecule has 0 aliphatic carbocycles. The number of benzene rings is 1. The second kappa shape index (κ2) is 16.0. The topological polar surface area (TPSA) is 190 Å². The van der Waals surface area contributed by atoms with Crippen molar-refractivity contribution in [3.8, 4) is 0 Å². The summed E-state index contributed by atoms with van der Waals surface area (Å²) in [7, 11) is 0. The molecule has 0 aliphatic heterocycles. The van der Waals surface area contributed by atoms with Crippen molar-refractivity contribution in [1.82, 2.24) is 0 Å². The number of carbonyl (C=O) groups is 1. The van der Waals surface area contributed by atoms with E-state index in [1.165, 1.54) is 0 Å². The molecule has 0 aromatic heterocycles. The Hall–Kier alpha value is -2.75. The molecule has 1 unspecified atom stereocenters. The first-order valence-electron chi connectivity index (χ1n) is 9.56. The van der Waals surface area contributed by atoms with Crippen LogP contribution in [-0.4, -0.2) is 98.2 Å². The summed E-state index contributed by atoms with van der Waals surface area (Å²) in [6.45, 7) is 1.46. The number of ether oxygens (including phenoxy) is 5. The van der Waals surface area contributed by atoms with Gasteiger partial charge in [0, 0.05) is 12.1 Å². The number of nitrogens with zero attached hydrogens (tertiary/aromatic N) is 2. The number of esters is 1. The van der Waals surface area contributed by atoms with Gasteiger partial charge in [-0.15, -0.1) is 0 Å². The Labute approximate surface area is 182 Å². The van der Waals surface area contributed by atoms with Crippen molar-refractivity contribution in [3.05, 3.63) is 44.0 Å². The predicted molar refractivity (Wildman–Crippen MR) is 106 cm³/mol. The van der Waals surface area contributed by atoms with Crippen LogP contribution in [0.5, 0.6) is 0 Å². The van der Waals surface area contributed by atoms with E-state index >= 15 is 0 Å². The highest BCUT2D eigenvalue weighted by molar-refractivity contribution is 5.91. The molecule has 180 valence electrons. The van der Waals surface area contributed by atoms with Gasteiger partial charge in [0.25, 0.3) is 11.4 Å². The second-order valence-electron chi connectivity index (χ2n) is 6.14. The molecule has 1 rings (SSSR count). The summed E-state index contributed by atoms with van der Waals surface area (Å²) in [5.41, 5.74) is -1.64. The van der Waals surface area contributed by atoms with Gasteiger partial charge in [-0.3, -0.25) is 20.2 Å². The van der Waals surface area contributed by atoms with E-state index in [1.807, 2.05) is 0 Å². The van der Waals surface area contributed by atoms with Gasteiger partial charge in [-0.25, -0.2) is 4.79 Å². The van der Waals surface area contributed by atoms with E-state index in [-0.39, 0.29) is 38.6 Å². The normalized spacial score (nSPS) is 11.8.